The Morgan fingerprint density at radius 3 is 2.47 bits per heavy atom. The molecule has 1 aromatic heterocycles. The highest BCUT2D eigenvalue weighted by atomic mass is 15.3. The zero-order chi connectivity index (χ0) is 11.3. The first-order chi connectivity index (χ1) is 7.11. The van der Waals surface area contributed by atoms with E-state index < -0.39 is 0 Å². The molecule has 15 heavy (non-hydrogen) atoms. The molecule has 0 spiro atoms. The van der Waals surface area contributed by atoms with Gasteiger partial charge in [0.1, 0.15) is 0 Å². The fraction of sp³-hybridized carbons (Fsp3) is 0.600. The molecule has 0 saturated carbocycles. The van der Waals surface area contributed by atoms with Gasteiger partial charge in [0.15, 0.2) is 5.96 Å². The number of guanidine groups is 1. The van der Waals surface area contributed by atoms with Gasteiger partial charge in [-0.05, 0) is 12.0 Å². The molecule has 5 heteroatoms. The van der Waals surface area contributed by atoms with Gasteiger partial charge in [-0.1, -0.05) is 0 Å². The standard InChI is InChI=1S/C10H19N5/c1-14(2)10(15(3)4)11-6-5-9-7-12-13-8-9/h7-8H,5-6H2,1-4H3,(H,12,13). The molecule has 0 bridgehead atoms. The zero-order valence-electron chi connectivity index (χ0n) is 9.86. The van der Waals surface area contributed by atoms with E-state index in [4.69, 9.17) is 0 Å². The lowest BCUT2D eigenvalue weighted by Gasteiger charge is -2.22. The third-order valence-electron chi connectivity index (χ3n) is 2.01. The Kier molecular flexibility index (Phi) is 4.15. The summed E-state index contributed by atoms with van der Waals surface area (Å²) in [4.78, 5) is 8.54. The third kappa shape index (κ3) is 3.61. The van der Waals surface area contributed by atoms with Crippen LogP contribution in [-0.2, 0) is 6.42 Å². The van der Waals surface area contributed by atoms with Crippen molar-refractivity contribution >= 4 is 5.96 Å². The molecule has 0 atom stereocenters. The first kappa shape index (κ1) is 11.6. The van der Waals surface area contributed by atoms with E-state index in [9.17, 15) is 0 Å². The van der Waals surface area contributed by atoms with Crippen molar-refractivity contribution in [3.05, 3.63) is 18.0 Å². The van der Waals surface area contributed by atoms with Crippen molar-refractivity contribution in [2.24, 2.45) is 4.99 Å². The van der Waals surface area contributed by atoms with E-state index in [0.29, 0.717) is 0 Å². The Bertz CT molecular complexity index is 290. The highest BCUT2D eigenvalue weighted by Crippen LogP contribution is 1.96. The average Bonchev–Trinajstić information content (AvgIpc) is 2.63. The smallest absolute Gasteiger partial charge is 0.195 e. The Hall–Kier alpha value is -1.52. The summed E-state index contributed by atoms with van der Waals surface area (Å²) in [5.41, 5.74) is 1.19. The predicted molar refractivity (Wildman–Crippen MR) is 62.0 cm³/mol. The van der Waals surface area contributed by atoms with Crippen LogP contribution in [0.15, 0.2) is 17.4 Å². The topological polar surface area (TPSA) is 47.5 Å². The molecule has 0 aliphatic rings. The van der Waals surface area contributed by atoms with Crippen LogP contribution in [0.25, 0.3) is 0 Å². The number of nitrogens with zero attached hydrogens (tertiary/aromatic N) is 4. The summed E-state index contributed by atoms with van der Waals surface area (Å²) in [6.07, 6.45) is 4.66. The molecule has 1 heterocycles. The van der Waals surface area contributed by atoms with Crippen LogP contribution < -0.4 is 0 Å². The summed E-state index contributed by atoms with van der Waals surface area (Å²) in [6, 6.07) is 0. The molecular formula is C10H19N5. The Labute approximate surface area is 90.8 Å². The van der Waals surface area contributed by atoms with Gasteiger partial charge in [0, 0.05) is 40.9 Å². The summed E-state index contributed by atoms with van der Waals surface area (Å²) in [6.45, 7) is 0.783. The normalized spacial score (nSPS) is 9.87. The molecule has 0 fully saturated rings. The Balaban J connectivity index is 2.47. The fourth-order valence-corrected chi connectivity index (χ4v) is 1.38. The van der Waals surface area contributed by atoms with E-state index in [0.717, 1.165) is 18.9 Å². The van der Waals surface area contributed by atoms with Gasteiger partial charge < -0.3 is 9.80 Å². The quantitative estimate of drug-likeness (QED) is 0.580. The number of hydrogen-bond acceptors (Lipinski definition) is 2. The fourth-order valence-electron chi connectivity index (χ4n) is 1.38. The van der Waals surface area contributed by atoms with Gasteiger partial charge in [-0.25, -0.2) is 0 Å². The number of aromatic nitrogens is 2. The van der Waals surface area contributed by atoms with Gasteiger partial charge in [-0.15, -0.1) is 0 Å². The van der Waals surface area contributed by atoms with E-state index in [-0.39, 0.29) is 0 Å². The van der Waals surface area contributed by atoms with Crippen molar-refractivity contribution in [1.82, 2.24) is 20.0 Å². The second kappa shape index (κ2) is 5.38. The van der Waals surface area contributed by atoms with Crippen molar-refractivity contribution in [2.45, 2.75) is 6.42 Å². The van der Waals surface area contributed by atoms with E-state index in [1.54, 1.807) is 0 Å². The lowest BCUT2D eigenvalue weighted by atomic mass is 10.3. The van der Waals surface area contributed by atoms with Gasteiger partial charge in [0.2, 0.25) is 0 Å². The van der Waals surface area contributed by atoms with Crippen LogP contribution in [0.1, 0.15) is 5.56 Å². The van der Waals surface area contributed by atoms with Crippen LogP contribution in [0.3, 0.4) is 0 Å². The number of hydrogen-bond donors (Lipinski definition) is 1. The molecule has 0 saturated heterocycles. The van der Waals surface area contributed by atoms with Gasteiger partial charge in [-0.3, -0.25) is 10.1 Å². The summed E-state index contributed by atoms with van der Waals surface area (Å²) in [5.74, 6) is 0.985. The second-order valence-corrected chi connectivity index (χ2v) is 3.83. The first-order valence-electron chi connectivity index (χ1n) is 4.98. The first-order valence-corrected chi connectivity index (χ1v) is 4.98. The molecule has 84 valence electrons. The number of aliphatic imine (C=N–C) groups is 1. The third-order valence-corrected chi connectivity index (χ3v) is 2.01. The monoisotopic (exact) mass is 209 g/mol. The van der Waals surface area contributed by atoms with Crippen LogP contribution in [0.2, 0.25) is 0 Å². The average molecular weight is 209 g/mol. The number of nitrogens with one attached hydrogen (secondary N) is 1. The number of aromatic amines is 1. The van der Waals surface area contributed by atoms with E-state index in [1.807, 2.05) is 50.4 Å². The minimum Gasteiger partial charge on any atom is -0.349 e. The lowest BCUT2D eigenvalue weighted by molar-refractivity contribution is 0.479. The van der Waals surface area contributed by atoms with Crippen LogP contribution in [0, 0.1) is 0 Å². The molecule has 0 aliphatic carbocycles. The summed E-state index contributed by atoms with van der Waals surface area (Å²) < 4.78 is 0. The summed E-state index contributed by atoms with van der Waals surface area (Å²) >= 11 is 0. The second-order valence-electron chi connectivity index (χ2n) is 3.83. The minimum atomic E-state index is 0.783. The Morgan fingerprint density at radius 2 is 2.00 bits per heavy atom. The maximum absolute atomic E-state index is 4.52. The highest BCUT2D eigenvalue weighted by molar-refractivity contribution is 5.79. The largest absolute Gasteiger partial charge is 0.349 e. The van der Waals surface area contributed by atoms with Gasteiger partial charge in [0.25, 0.3) is 0 Å². The Morgan fingerprint density at radius 1 is 1.33 bits per heavy atom. The van der Waals surface area contributed by atoms with Crippen LogP contribution in [0.4, 0.5) is 0 Å². The molecular weight excluding hydrogens is 190 g/mol. The van der Waals surface area contributed by atoms with Gasteiger partial charge in [0.05, 0.1) is 6.20 Å². The van der Waals surface area contributed by atoms with E-state index >= 15 is 0 Å². The molecule has 0 aliphatic heterocycles. The zero-order valence-corrected chi connectivity index (χ0v) is 9.86. The van der Waals surface area contributed by atoms with Crippen molar-refractivity contribution in [1.29, 1.82) is 0 Å². The molecule has 1 rings (SSSR count). The molecule has 1 N–H and O–H groups in total. The van der Waals surface area contributed by atoms with Crippen molar-refractivity contribution in [3.63, 3.8) is 0 Å². The number of H-pyrrole nitrogens is 1. The van der Waals surface area contributed by atoms with Crippen LogP contribution in [-0.4, -0.2) is 60.7 Å². The van der Waals surface area contributed by atoms with E-state index in [2.05, 4.69) is 15.2 Å². The molecule has 0 unspecified atom stereocenters. The molecule has 5 nitrogen and oxygen atoms in total. The van der Waals surface area contributed by atoms with Crippen molar-refractivity contribution in [3.8, 4) is 0 Å². The molecule has 0 radical (unpaired) electrons. The van der Waals surface area contributed by atoms with Crippen LogP contribution >= 0.6 is 0 Å². The molecule has 0 amide bonds. The number of rotatable bonds is 3. The summed E-state index contributed by atoms with van der Waals surface area (Å²) in [5, 5.41) is 6.69. The predicted octanol–water partition coefficient (Wildman–Crippen LogP) is 0.431. The van der Waals surface area contributed by atoms with Crippen molar-refractivity contribution < 1.29 is 0 Å². The van der Waals surface area contributed by atoms with E-state index in [1.165, 1.54) is 5.56 Å². The minimum absolute atomic E-state index is 0.783. The molecule has 1 aromatic rings. The summed E-state index contributed by atoms with van der Waals surface area (Å²) in [7, 11) is 7.99. The van der Waals surface area contributed by atoms with Crippen LogP contribution in [0.5, 0.6) is 0 Å². The van der Waals surface area contributed by atoms with Crippen molar-refractivity contribution in [2.75, 3.05) is 34.7 Å². The SMILES string of the molecule is CN(C)C(=NCCc1cn[nH]c1)N(C)C. The maximum Gasteiger partial charge on any atom is 0.195 e. The maximum atomic E-state index is 4.52. The van der Waals surface area contributed by atoms with Gasteiger partial charge >= 0.3 is 0 Å². The van der Waals surface area contributed by atoms with Gasteiger partial charge in [-0.2, -0.15) is 5.10 Å². The highest BCUT2D eigenvalue weighted by Gasteiger charge is 2.03. The lowest BCUT2D eigenvalue weighted by Crippen LogP contribution is -2.35. The molecule has 0 aromatic carbocycles.